The highest BCUT2D eigenvalue weighted by atomic mass is 31.1. The minimum Gasteiger partial charge on any atom is -0.477 e. The molecule has 0 aromatic heterocycles. The Morgan fingerprint density at radius 2 is 1.47 bits per heavy atom. The lowest BCUT2D eigenvalue weighted by Crippen LogP contribution is -2.20. The van der Waals surface area contributed by atoms with E-state index in [2.05, 4.69) is 86.7 Å². The second-order valence-electron chi connectivity index (χ2n) is 7.55. The van der Waals surface area contributed by atoms with Crippen LogP contribution in [-0.4, -0.2) is 12.3 Å². The van der Waals surface area contributed by atoms with Crippen molar-refractivity contribution >= 4 is 38.6 Å². The van der Waals surface area contributed by atoms with Gasteiger partial charge in [-0.2, -0.15) is 0 Å². The first kappa shape index (κ1) is 22.8. The molecule has 2 aromatic rings. The van der Waals surface area contributed by atoms with Gasteiger partial charge in [-0.25, -0.2) is 0 Å². The highest BCUT2D eigenvalue weighted by molar-refractivity contribution is 7.65. The van der Waals surface area contributed by atoms with Gasteiger partial charge in [0.25, 0.3) is 0 Å². The molecule has 2 aromatic carbocycles. The first-order valence-electron chi connectivity index (χ1n) is 11.3. The molecule has 0 saturated heterocycles. The van der Waals surface area contributed by atoms with Crippen LogP contribution in [0.5, 0.6) is 0 Å². The summed E-state index contributed by atoms with van der Waals surface area (Å²) in [6, 6.07) is 17.3. The third-order valence-corrected chi connectivity index (χ3v) is 9.60. The molecule has 0 N–H and O–H groups in total. The van der Waals surface area contributed by atoms with E-state index in [-0.39, 0.29) is 0 Å². The van der Waals surface area contributed by atoms with Gasteiger partial charge in [-0.3, -0.25) is 0 Å². The maximum absolute atomic E-state index is 6.67. The fourth-order valence-corrected chi connectivity index (χ4v) is 8.27. The number of rotatable bonds is 5. The Balaban J connectivity index is 1.63. The van der Waals surface area contributed by atoms with Gasteiger partial charge in [0, 0.05) is 28.5 Å². The van der Waals surface area contributed by atoms with Crippen molar-refractivity contribution in [2.45, 2.75) is 26.7 Å². The van der Waals surface area contributed by atoms with Crippen LogP contribution in [0.3, 0.4) is 0 Å². The number of fused-ring (bicyclic) bond motifs is 2. The molecule has 4 heteroatoms. The minimum absolute atomic E-state index is 0.746. The molecule has 0 aliphatic carbocycles. The maximum atomic E-state index is 6.67. The summed E-state index contributed by atoms with van der Waals surface area (Å²) in [5, 5.41) is 2.63. The second kappa shape index (κ2) is 11.5. The molecule has 32 heavy (non-hydrogen) atoms. The van der Waals surface area contributed by atoms with Crippen LogP contribution in [0.2, 0.25) is 0 Å². The largest absolute Gasteiger partial charge is 0.477 e. The van der Waals surface area contributed by atoms with Crippen molar-refractivity contribution in [2.24, 2.45) is 0 Å². The molecule has 4 rings (SSSR count). The molecule has 0 spiro atoms. The van der Waals surface area contributed by atoms with E-state index in [1.165, 1.54) is 27.3 Å². The minimum atomic E-state index is -0.784. The normalized spacial score (nSPS) is 25.2. The third kappa shape index (κ3) is 5.32. The molecular weight excluding hydrogens is 430 g/mol. The zero-order valence-corrected chi connectivity index (χ0v) is 20.6. The van der Waals surface area contributed by atoms with Crippen molar-refractivity contribution in [3.05, 3.63) is 108 Å². The van der Waals surface area contributed by atoms with E-state index in [0.29, 0.717) is 0 Å². The molecule has 0 amide bonds. The van der Waals surface area contributed by atoms with E-state index in [4.69, 9.17) is 9.05 Å². The van der Waals surface area contributed by atoms with Crippen LogP contribution in [-0.2, 0) is 9.05 Å². The molecule has 2 aliphatic rings. The topological polar surface area (TPSA) is 18.5 Å². The zero-order chi connectivity index (χ0) is 22.2. The van der Waals surface area contributed by atoms with Crippen LogP contribution in [0.25, 0.3) is 11.6 Å². The summed E-state index contributed by atoms with van der Waals surface area (Å²) in [5.74, 6) is 1.05. The van der Waals surface area contributed by atoms with Gasteiger partial charge in [-0.05, 0) is 36.1 Å². The lowest BCUT2D eigenvalue weighted by Gasteiger charge is -2.31. The summed E-state index contributed by atoms with van der Waals surface area (Å²) >= 11 is 0. The van der Waals surface area contributed by atoms with E-state index in [1.54, 1.807) is 0 Å². The average Bonchev–Trinajstić information content (AvgIpc) is 2.83. The van der Waals surface area contributed by atoms with Gasteiger partial charge in [-0.15, -0.1) is 0 Å². The van der Waals surface area contributed by atoms with Gasteiger partial charge in [-0.1, -0.05) is 92.8 Å². The Labute approximate surface area is 194 Å². The van der Waals surface area contributed by atoms with E-state index < -0.39 is 16.3 Å². The van der Waals surface area contributed by atoms with Crippen molar-refractivity contribution in [2.75, 3.05) is 12.3 Å². The zero-order valence-electron chi connectivity index (χ0n) is 18.8. The summed E-state index contributed by atoms with van der Waals surface area (Å²) in [6.45, 7) is 4.36. The Kier molecular flexibility index (Phi) is 8.16. The van der Waals surface area contributed by atoms with E-state index in [1.807, 2.05) is 24.5 Å². The highest BCUT2D eigenvalue weighted by Gasteiger charge is 2.29. The Morgan fingerprint density at radius 3 is 2.31 bits per heavy atom. The summed E-state index contributed by atoms with van der Waals surface area (Å²) in [5.41, 5.74) is 3.81. The maximum Gasteiger partial charge on any atom is 0.127 e. The number of allylic oxidation sites excluding steroid dienone is 7. The number of hydrogen-bond acceptors (Lipinski definition) is 2. The third-order valence-electron chi connectivity index (χ3n) is 5.32. The fraction of sp³-hybridized carbons (Fsp3) is 0.214. The monoisotopic (exact) mass is 460 g/mol. The van der Waals surface area contributed by atoms with E-state index in [0.717, 1.165) is 30.9 Å². The van der Waals surface area contributed by atoms with Crippen LogP contribution in [0.15, 0.2) is 97.0 Å². The highest BCUT2D eigenvalue weighted by Crippen LogP contribution is 2.51. The van der Waals surface area contributed by atoms with E-state index in [9.17, 15) is 0 Å². The summed E-state index contributed by atoms with van der Waals surface area (Å²) in [6.07, 6.45) is 20.5. The Bertz CT molecular complexity index is 1080. The SMILES string of the molecule is CCC=C1/C(=C\CC)OP(CCP2O/C=C/C=C\C=C\c3ccccc32)c2ccccc21. The first-order valence-corrected chi connectivity index (χ1v) is 14.2. The van der Waals surface area contributed by atoms with Crippen LogP contribution in [0.4, 0.5) is 0 Å². The van der Waals surface area contributed by atoms with Crippen molar-refractivity contribution in [3.63, 3.8) is 0 Å². The molecule has 2 unspecified atom stereocenters. The van der Waals surface area contributed by atoms with Gasteiger partial charge in [0.05, 0.1) is 6.26 Å². The van der Waals surface area contributed by atoms with Crippen molar-refractivity contribution in [1.29, 1.82) is 0 Å². The van der Waals surface area contributed by atoms with Gasteiger partial charge < -0.3 is 9.05 Å². The lowest BCUT2D eigenvalue weighted by molar-refractivity contribution is 0.497. The van der Waals surface area contributed by atoms with Crippen molar-refractivity contribution in [1.82, 2.24) is 0 Å². The van der Waals surface area contributed by atoms with Gasteiger partial charge in [0.15, 0.2) is 0 Å². The van der Waals surface area contributed by atoms with Crippen LogP contribution >= 0.6 is 16.3 Å². The second-order valence-corrected chi connectivity index (χ2v) is 11.3. The molecule has 0 radical (unpaired) electrons. The van der Waals surface area contributed by atoms with Gasteiger partial charge in [0.2, 0.25) is 0 Å². The van der Waals surface area contributed by atoms with Crippen molar-refractivity contribution < 1.29 is 9.05 Å². The Hall–Kier alpha value is -2.40. The molecular formula is C28H30O2P2. The molecule has 0 fully saturated rings. The van der Waals surface area contributed by atoms with Gasteiger partial charge >= 0.3 is 0 Å². The molecule has 2 aliphatic heterocycles. The molecule has 0 bridgehead atoms. The summed E-state index contributed by atoms with van der Waals surface area (Å²) in [7, 11) is -1.53. The van der Waals surface area contributed by atoms with Crippen LogP contribution < -0.4 is 10.6 Å². The van der Waals surface area contributed by atoms with Crippen molar-refractivity contribution in [3.8, 4) is 0 Å². The quantitative estimate of drug-likeness (QED) is 0.427. The molecule has 2 heterocycles. The summed E-state index contributed by atoms with van der Waals surface area (Å²) < 4.78 is 13.0. The van der Waals surface area contributed by atoms with Crippen LogP contribution in [0.1, 0.15) is 37.8 Å². The predicted molar refractivity (Wildman–Crippen MR) is 142 cm³/mol. The van der Waals surface area contributed by atoms with Crippen LogP contribution in [0, 0.1) is 0 Å². The lowest BCUT2D eigenvalue weighted by atomic mass is 10.0. The molecule has 0 saturated carbocycles. The van der Waals surface area contributed by atoms with Gasteiger partial charge in [0.1, 0.15) is 22.1 Å². The summed E-state index contributed by atoms with van der Waals surface area (Å²) in [4.78, 5) is 0. The predicted octanol–water partition coefficient (Wildman–Crippen LogP) is 7.66. The fourth-order valence-electron chi connectivity index (χ4n) is 3.89. The van der Waals surface area contributed by atoms with E-state index >= 15 is 0 Å². The molecule has 164 valence electrons. The molecule has 2 atom stereocenters. The number of benzene rings is 2. The average molecular weight is 460 g/mol. The standard InChI is InChI=1S/C28H30O2P2/c1-3-13-24-25-17-9-11-19-28(25)32(30-26(24)14-4-2)22-21-31-27-18-10-8-16-23(27)15-7-5-6-12-20-29-31/h5-20H,3-4,21-22H2,1-2H3/b6-5-,15-7+,20-12+,24-13?,26-14+. The molecule has 2 nitrogen and oxygen atoms in total. The smallest absolute Gasteiger partial charge is 0.127 e. The number of hydrogen-bond donors (Lipinski definition) is 0. The first-order chi connectivity index (χ1) is 15.8. The Morgan fingerprint density at radius 1 is 0.750 bits per heavy atom.